The number of hydrogen-bond donors (Lipinski definition) is 3. The van der Waals surface area contributed by atoms with Gasteiger partial charge in [0.05, 0.1) is 11.4 Å². The van der Waals surface area contributed by atoms with Crippen molar-refractivity contribution in [2.45, 2.75) is 13.3 Å². The Morgan fingerprint density at radius 1 is 1.12 bits per heavy atom. The highest BCUT2D eigenvalue weighted by Gasteiger charge is 2.39. The molecule has 0 spiro atoms. The summed E-state index contributed by atoms with van der Waals surface area (Å²) in [6.07, 6.45) is 0.912. The van der Waals surface area contributed by atoms with E-state index in [1.807, 2.05) is 6.92 Å². The molecule has 4 rings (SSSR count). The van der Waals surface area contributed by atoms with Gasteiger partial charge in [0, 0.05) is 29.3 Å². The van der Waals surface area contributed by atoms with Crippen LogP contribution in [0.3, 0.4) is 0 Å². The third kappa shape index (κ3) is 3.15. The molecule has 7 nitrogen and oxygen atoms in total. The maximum Gasteiger partial charge on any atom is 0.255 e. The first kappa shape index (κ1) is 16.3. The van der Waals surface area contributed by atoms with Crippen LogP contribution in [-0.2, 0) is 4.79 Å². The van der Waals surface area contributed by atoms with Crippen molar-refractivity contribution < 1.29 is 19.1 Å². The van der Waals surface area contributed by atoms with Crippen molar-refractivity contribution in [2.75, 3.05) is 23.2 Å². The van der Waals surface area contributed by atoms with E-state index in [1.165, 1.54) is 0 Å². The summed E-state index contributed by atoms with van der Waals surface area (Å²) in [5.74, 6) is 1.26. The predicted octanol–water partition coefficient (Wildman–Crippen LogP) is 2.84. The number of fused-ring (bicyclic) bond motifs is 1. The van der Waals surface area contributed by atoms with Gasteiger partial charge in [-0.25, -0.2) is 0 Å². The van der Waals surface area contributed by atoms with E-state index in [2.05, 4.69) is 10.6 Å². The van der Waals surface area contributed by atoms with Crippen molar-refractivity contribution in [1.29, 1.82) is 0 Å². The van der Waals surface area contributed by atoms with Crippen LogP contribution in [0.4, 0.5) is 17.1 Å². The van der Waals surface area contributed by atoms with Crippen LogP contribution in [0.25, 0.3) is 0 Å². The average molecular weight is 353 g/mol. The SMILES string of the molecule is CC1CC1C(=O)Nc1cccc(C(=O)Nc2cc3c(cc2N)OCO3)c1. The number of carbonyl (C=O) groups excluding carboxylic acids is 2. The van der Waals surface area contributed by atoms with Crippen LogP contribution < -0.4 is 25.8 Å². The van der Waals surface area contributed by atoms with Crippen molar-refractivity contribution in [2.24, 2.45) is 11.8 Å². The molecule has 26 heavy (non-hydrogen) atoms. The summed E-state index contributed by atoms with van der Waals surface area (Å²) >= 11 is 0. The number of carbonyl (C=O) groups is 2. The van der Waals surface area contributed by atoms with Gasteiger partial charge in [0.15, 0.2) is 11.5 Å². The van der Waals surface area contributed by atoms with Crippen molar-refractivity contribution in [3.63, 3.8) is 0 Å². The molecule has 4 N–H and O–H groups in total. The second kappa shape index (κ2) is 6.25. The van der Waals surface area contributed by atoms with E-state index in [0.29, 0.717) is 40.0 Å². The zero-order valence-corrected chi connectivity index (χ0v) is 14.2. The van der Waals surface area contributed by atoms with Crippen LogP contribution in [0.2, 0.25) is 0 Å². The fraction of sp³-hybridized carbons (Fsp3) is 0.263. The molecule has 2 aromatic rings. The highest BCUT2D eigenvalue weighted by Crippen LogP contribution is 2.39. The molecule has 1 heterocycles. The fourth-order valence-electron chi connectivity index (χ4n) is 2.92. The Morgan fingerprint density at radius 2 is 1.85 bits per heavy atom. The zero-order valence-electron chi connectivity index (χ0n) is 14.2. The summed E-state index contributed by atoms with van der Waals surface area (Å²) in [5.41, 5.74) is 7.81. The third-order valence-electron chi connectivity index (χ3n) is 4.63. The number of benzene rings is 2. The topological polar surface area (TPSA) is 103 Å². The van der Waals surface area contributed by atoms with Gasteiger partial charge in [0.1, 0.15) is 0 Å². The summed E-state index contributed by atoms with van der Waals surface area (Å²) in [6.45, 7) is 2.18. The first-order chi connectivity index (χ1) is 12.5. The van der Waals surface area contributed by atoms with Crippen LogP contribution in [0, 0.1) is 11.8 Å². The molecule has 1 aliphatic heterocycles. The minimum Gasteiger partial charge on any atom is -0.454 e. The van der Waals surface area contributed by atoms with Gasteiger partial charge in [-0.1, -0.05) is 13.0 Å². The summed E-state index contributed by atoms with van der Waals surface area (Å²) < 4.78 is 10.6. The molecule has 2 amide bonds. The lowest BCUT2D eigenvalue weighted by atomic mass is 10.1. The Hall–Kier alpha value is -3.22. The smallest absolute Gasteiger partial charge is 0.255 e. The van der Waals surface area contributed by atoms with Gasteiger partial charge >= 0.3 is 0 Å². The van der Waals surface area contributed by atoms with Crippen LogP contribution in [-0.4, -0.2) is 18.6 Å². The molecular formula is C19H19N3O4. The highest BCUT2D eigenvalue weighted by atomic mass is 16.7. The van der Waals surface area contributed by atoms with Gasteiger partial charge in [-0.05, 0) is 30.5 Å². The Morgan fingerprint density at radius 3 is 2.58 bits per heavy atom. The molecule has 1 aliphatic carbocycles. The second-order valence-corrected chi connectivity index (χ2v) is 6.64. The first-order valence-corrected chi connectivity index (χ1v) is 8.42. The van der Waals surface area contributed by atoms with E-state index >= 15 is 0 Å². The summed E-state index contributed by atoms with van der Waals surface area (Å²) in [6, 6.07) is 10.1. The molecule has 0 aromatic heterocycles. The van der Waals surface area contributed by atoms with E-state index < -0.39 is 0 Å². The summed E-state index contributed by atoms with van der Waals surface area (Å²) in [5, 5.41) is 5.63. The highest BCUT2D eigenvalue weighted by molar-refractivity contribution is 6.07. The van der Waals surface area contributed by atoms with Crippen LogP contribution in [0.1, 0.15) is 23.7 Å². The van der Waals surface area contributed by atoms with Gasteiger partial charge in [-0.3, -0.25) is 9.59 Å². The second-order valence-electron chi connectivity index (χ2n) is 6.64. The molecule has 1 saturated carbocycles. The molecule has 2 aromatic carbocycles. The normalized spacial score (nSPS) is 19.7. The third-order valence-corrected chi connectivity index (χ3v) is 4.63. The van der Waals surface area contributed by atoms with E-state index in [4.69, 9.17) is 15.2 Å². The number of anilines is 3. The van der Waals surface area contributed by atoms with Crippen LogP contribution in [0.5, 0.6) is 11.5 Å². The van der Waals surface area contributed by atoms with Crippen molar-refractivity contribution in [1.82, 2.24) is 0 Å². The van der Waals surface area contributed by atoms with E-state index in [-0.39, 0.29) is 24.5 Å². The molecule has 0 saturated heterocycles. The van der Waals surface area contributed by atoms with E-state index in [9.17, 15) is 9.59 Å². The van der Waals surface area contributed by atoms with Crippen LogP contribution >= 0.6 is 0 Å². The van der Waals surface area contributed by atoms with Crippen molar-refractivity contribution in [3.05, 3.63) is 42.0 Å². The molecule has 0 bridgehead atoms. The van der Waals surface area contributed by atoms with Gasteiger partial charge in [0.25, 0.3) is 5.91 Å². The number of nitrogens with one attached hydrogen (secondary N) is 2. The monoisotopic (exact) mass is 353 g/mol. The molecule has 2 atom stereocenters. The van der Waals surface area contributed by atoms with Crippen LogP contribution in [0.15, 0.2) is 36.4 Å². The minimum absolute atomic E-state index is 0.00456. The lowest BCUT2D eigenvalue weighted by molar-refractivity contribution is -0.117. The van der Waals surface area contributed by atoms with Gasteiger partial charge < -0.3 is 25.8 Å². The minimum atomic E-state index is -0.327. The molecule has 1 fully saturated rings. The maximum atomic E-state index is 12.6. The quantitative estimate of drug-likeness (QED) is 0.734. The molecule has 134 valence electrons. The molecule has 0 radical (unpaired) electrons. The Balaban J connectivity index is 1.48. The lowest BCUT2D eigenvalue weighted by Crippen LogP contribution is -2.16. The standard InChI is InChI=1S/C19H19N3O4/c1-10-5-13(10)19(24)21-12-4-2-3-11(6-12)18(23)22-15-8-17-16(7-14(15)20)25-9-26-17/h2-4,6-8,10,13H,5,9,20H2,1H3,(H,21,24)(H,22,23). The lowest BCUT2D eigenvalue weighted by Gasteiger charge is -2.11. The zero-order chi connectivity index (χ0) is 18.3. The Kier molecular flexibility index (Phi) is 3.91. The Bertz CT molecular complexity index is 896. The van der Waals surface area contributed by atoms with Gasteiger partial charge in [-0.2, -0.15) is 0 Å². The molecular weight excluding hydrogens is 334 g/mol. The van der Waals surface area contributed by atoms with Gasteiger partial charge in [0.2, 0.25) is 12.7 Å². The molecule has 2 unspecified atom stereocenters. The Labute approximate surface area is 150 Å². The number of amides is 2. The fourth-order valence-corrected chi connectivity index (χ4v) is 2.92. The van der Waals surface area contributed by atoms with Gasteiger partial charge in [-0.15, -0.1) is 0 Å². The number of ether oxygens (including phenoxy) is 2. The molecule has 2 aliphatic rings. The van der Waals surface area contributed by atoms with Crippen molar-refractivity contribution >= 4 is 28.9 Å². The van der Waals surface area contributed by atoms with Crippen molar-refractivity contribution in [3.8, 4) is 11.5 Å². The average Bonchev–Trinajstić information content (AvgIpc) is 3.18. The summed E-state index contributed by atoms with van der Waals surface area (Å²) in [4.78, 5) is 24.6. The first-order valence-electron chi connectivity index (χ1n) is 8.42. The number of rotatable bonds is 4. The summed E-state index contributed by atoms with van der Waals surface area (Å²) in [7, 11) is 0. The number of nitrogens with two attached hydrogens (primary N) is 1. The van der Waals surface area contributed by atoms with E-state index in [1.54, 1.807) is 36.4 Å². The molecule has 7 heteroatoms. The number of hydrogen-bond acceptors (Lipinski definition) is 5. The predicted molar refractivity (Wildman–Crippen MR) is 97.3 cm³/mol. The largest absolute Gasteiger partial charge is 0.454 e. The van der Waals surface area contributed by atoms with E-state index in [0.717, 1.165) is 6.42 Å². The maximum absolute atomic E-state index is 12.6. The number of nitrogen functional groups attached to an aromatic ring is 1.